The van der Waals surface area contributed by atoms with Crippen molar-refractivity contribution < 1.29 is 8.42 Å². The highest BCUT2D eigenvalue weighted by Gasteiger charge is 2.28. The molecule has 2 aromatic heterocycles. The van der Waals surface area contributed by atoms with Crippen LogP contribution in [0.4, 0.5) is 5.13 Å². The summed E-state index contributed by atoms with van der Waals surface area (Å²) < 4.78 is 30.9. The molecule has 0 aliphatic carbocycles. The zero-order chi connectivity index (χ0) is 14.9. The highest BCUT2D eigenvalue weighted by molar-refractivity contribution is 7.91. The Labute approximate surface area is 132 Å². The smallest absolute Gasteiger partial charge is 0.252 e. The number of rotatable bonds is 5. The van der Waals surface area contributed by atoms with E-state index in [-0.39, 0.29) is 0 Å². The summed E-state index contributed by atoms with van der Waals surface area (Å²) in [6, 6.07) is 3.55. The Morgan fingerprint density at radius 3 is 2.76 bits per heavy atom. The average Bonchev–Trinajstić information content (AvgIpc) is 3.18. The van der Waals surface area contributed by atoms with Crippen molar-refractivity contribution in [1.29, 1.82) is 0 Å². The molecule has 0 saturated carbocycles. The van der Waals surface area contributed by atoms with Gasteiger partial charge in [0.25, 0.3) is 10.0 Å². The van der Waals surface area contributed by atoms with Crippen LogP contribution in [0.5, 0.6) is 0 Å². The zero-order valence-electron chi connectivity index (χ0n) is 11.6. The van der Waals surface area contributed by atoms with Crippen LogP contribution in [-0.4, -0.2) is 35.2 Å². The van der Waals surface area contributed by atoms with E-state index in [4.69, 9.17) is 0 Å². The summed E-state index contributed by atoms with van der Waals surface area (Å²) in [4.78, 5) is 5.19. The molecule has 1 aliphatic rings. The van der Waals surface area contributed by atoms with Crippen molar-refractivity contribution in [1.82, 2.24) is 13.7 Å². The lowest BCUT2D eigenvalue weighted by Gasteiger charge is -2.13. The van der Waals surface area contributed by atoms with Crippen LogP contribution < -0.4 is 5.32 Å². The van der Waals surface area contributed by atoms with Gasteiger partial charge in [-0.2, -0.15) is 8.68 Å². The molecule has 0 aromatic carbocycles. The molecule has 114 valence electrons. The van der Waals surface area contributed by atoms with Crippen LogP contribution in [0.25, 0.3) is 0 Å². The van der Waals surface area contributed by atoms with Crippen LogP contribution in [-0.2, 0) is 16.6 Å². The molecular formula is C12H16N4O2S3. The standard InChI is InChI=1S/C12H16N4O2S3/c1-9-14-12(20-15-9)13-8-10-4-5-11(19-10)21(17,18)16-6-2-3-7-16/h4-5H,2-3,6-8H2,1H3,(H,13,14,15). The van der Waals surface area contributed by atoms with Gasteiger partial charge in [-0.3, -0.25) is 0 Å². The molecule has 9 heteroatoms. The molecule has 3 heterocycles. The summed E-state index contributed by atoms with van der Waals surface area (Å²) in [5, 5.41) is 3.92. The molecule has 0 spiro atoms. The Morgan fingerprint density at radius 2 is 2.10 bits per heavy atom. The number of nitrogens with zero attached hydrogens (tertiary/aromatic N) is 3. The normalized spacial score (nSPS) is 16.4. The highest BCUT2D eigenvalue weighted by atomic mass is 32.2. The third kappa shape index (κ3) is 3.25. The van der Waals surface area contributed by atoms with Crippen LogP contribution in [0.1, 0.15) is 23.5 Å². The lowest BCUT2D eigenvalue weighted by molar-refractivity contribution is 0.479. The van der Waals surface area contributed by atoms with E-state index in [1.54, 1.807) is 10.4 Å². The Morgan fingerprint density at radius 1 is 1.33 bits per heavy atom. The fraction of sp³-hybridized carbons (Fsp3) is 0.500. The van der Waals surface area contributed by atoms with Crippen molar-refractivity contribution in [3.05, 3.63) is 22.8 Å². The van der Waals surface area contributed by atoms with Crippen molar-refractivity contribution in [2.24, 2.45) is 0 Å². The van der Waals surface area contributed by atoms with E-state index < -0.39 is 10.0 Å². The largest absolute Gasteiger partial charge is 0.355 e. The highest BCUT2D eigenvalue weighted by Crippen LogP contribution is 2.27. The van der Waals surface area contributed by atoms with Crippen LogP contribution >= 0.6 is 22.9 Å². The third-order valence-electron chi connectivity index (χ3n) is 3.24. The number of hydrogen-bond acceptors (Lipinski definition) is 7. The Hall–Kier alpha value is -1.03. The number of aromatic nitrogens is 2. The molecule has 1 N–H and O–H groups in total. The molecule has 3 rings (SSSR count). The van der Waals surface area contributed by atoms with Crippen LogP contribution in [0.2, 0.25) is 0 Å². The number of sulfonamides is 1. The lowest BCUT2D eigenvalue weighted by atomic mass is 10.4. The summed E-state index contributed by atoms with van der Waals surface area (Å²) in [5.74, 6) is 0.742. The van der Waals surface area contributed by atoms with Gasteiger partial charge in [-0.25, -0.2) is 13.4 Å². The van der Waals surface area contributed by atoms with Gasteiger partial charge < -0.3 is 5.32 Å². The second kappa shape index (κ2) is 5.99. The van der Waals surface area contributed by atoms with Crippen LogP contribution in [0, 0.1) is 6.92 Å². The molecule has 2 aromatic rings. The first-order valence-corrected chi connectivity index (χ1v) is 9.72. The molecule has 6 nitrogen and oxygen atoms in total. The van der Waals surface area contributed by atoms with E-state index in [0.29, 0.717) is 23.8 Å². The molecule has 21 heavy (non-hydrogen) atoms. The second-order valence-electron chi connectivity index (χ2n) is 4.83. The molecule has 0 unspecified atom stereocenters. The molecule has 1 fully saturated rings. The van der Waals surface area contributed by atoms with Gasteiger partial charge in [0.05, 0.1) is 6.54 Å². The first-order chi connectivity index (χ1) is 10.1. The summed E-state index contributed by atoms with van der Waals surface area (Å²) in [6.07, 6.45) is 1.91. The summed E-state index contributed by atoms with van der Waals surface area (Å²) in [5.41, 5.74) is 0. The van der Waals surface area contributed by atoms with Crippen molar-refractivity contribution in [2.45, 2.75) is 30.5 Å². The quantitative estimate of drug-likeness (QED) is 0.901. The number of aryl methyl sites for hydroxylation is 1. The van der Waals surface area contributed by atoms with Gasteiger partial charge in [-0.05, 0) is 31.9 Å². The summed E-state index contributed by atoms with van der Waals surface area (Å²) in [7, 11) is -3.30. The monoisotopic (exact) mass is 344 g/mol. The number of nitrogens with one attached hydrogen (secondary N) is 1. The molecular weight excluding hydrogens is 328 g/mol. The topological polar surface area (TPSA) is 75.2 Å². The summed E-state index contributed by atoms with van der Waals surface area (Å²) in [6.45, 7) is 3.68. The SMILES string of the molecule is Cc1nsc(NCc2ccc(S(=O)(=O)N3CCCC3)s2)n1. The first kappa shape index (κ1) is 14.9. The van der Waals surface area contributed by atoms with Gasteiger partial charge in [0.2, 0.25) is 5.13 Å². The van der Waals surface area contributed by atoms with E-state index >= 15 is 0 Å². The van der Waals surface area contributed by atoms with Crippen LogP contribution in [0.3, 0.4) is 0 Å². The molecule has 0 atom stereocenters. The van der Waals surface area contributed by atoms with E-state index in [9.17, 15) is 8.42 Å². The maximum Gasteiger partial charge on any atom is 0.252 e. The number of anilines is 1. The van der Waals surface area contributed by atoms with Gasteiger partial charge in [0, 0.05) is 29.5 Å². The molecule has 0 amide bonds. The fourth-order valence-electron chi connectivity index (χ4n) is 2.18. The third-order valence-corrected chi connectivity index (χ3v) is 7.45. The van der Waals surface area contributed by atoms with Gasteiger partial charge in [-0.1, -0.05) is 0 Å². The minimum Gasteiger partial charge on any atom is -0.355 e. The minimum absolute atomic E-state index is 0.426. The van der Waals surface area contributed by atoms with Crippen molar-refractivity contribution in [2.75, 3.05) is 18.4 Å². The van der Waals surface area contributed by atoms with Crippen molar-refractivity contribution >= 4 is 38.0 Å². The van der Waals surface area contributed by atoms with E-state index in [2.05, 4.69) is 14.7 Å². The molecule has 1 saturated heterocycles. The first-order valence-electron chi connectivity index (χ1n) is 6.69. The Kier molecular flexibility index (Phi) is 4.25. The second-order valence-corrected chi connectivity index (χ2v) is 8.92. The fourth-order valence-corrected chi connectivity index (χ4v) is 5.72. The van der Waals surface area contributed by atoms with Gasteiger partial charge >= 0.3 is 0 Å². The summed E-state index contributed by atoms with van der Waals surface area (Å²) >= 11 is 2.62. The predicted molar refractivity (Wildman–Crippen MR) is 84.3 cm³/mol. The van der Waals surface area contributed by atoms with E-state index in [1.165, 1.54) is 22.9 Å². The van der Waals surface area contributed by atoms with E-state index in [0.717, 1.165) is 28.7 Å². The Bertz CT molecular complexity index is 716. The van der Waals surface area contributed by atoms with Gasteiger partial charge in [0.15, 0.2) is 0 Å². The predicted octanol–water partition coefficient (Wildman–Crippen LogP) is 2.30. The van der Waals surface area contributed by atoms with E-state index in [1.807, 2.05) is 13.0 Å². The minimum atomic E-state index is -3.30. The van der Waals surface area contributed by atoms with Crippen molar-refractivity contribution in [3.63, 3.8) is 0 Å². The van der Waals surface area contributed by atoms with Gasteiger partial charge in [0.1, 0.15) is 10.0 Å². The molecule has 1 aliphatic heterocycles. The number of hydrogen-bond donors (Lipinski definition) is 1. The molecule has 0 bridgehead atoms. The Balaban J connectivity index is 1.68. The zero-order valence-corrected chi connectivity index (χ0v) is 14.0. The molecule has 0 radical (unpaired) electrons. The van der Waals surface area contributed by atoms with Crippen LogP contribution in [0.15, 0.2) is 16.3 Å². The van der Waals surface area contributed by atoms with Crippen molar-refractivity contribution in [3.8, 4) is 0 Å². The lowest BCUT2D eigenvalue weighted by Crippen LogP contribution is -2.27. The maximum absolute atomic E-state index is 12.4. The number of thiophene rings is 1. The van der Waals surface area contributed by atoms with Gasteiger partial charge in [-0.15, -0.1) is 11.3 Å². The average molecular weight is 344 g/mol. The maximum atomic E-state index is 12.4.